The highest BCUT2D eigenvalue weighted by Gasteiger charge is 2.15. The monoisotopic (exact) mass is 427 g/mol. The molecule has 5 rings (SSSR count). The molecule has 1 N–H and O–H groups in total. The van der Waals surface area contributed by atoms with E-state index in [0.717, 1.165) is 43.1 Å². The molecule has 0 aliphatic carbocycles. The van der Waals surface area contributed by atoms with E-state index in [4.69, 9.17) is 4.98 Å². The molecule has 1 atom stereocenters. The van der Waals surface area contributed by atoms with Crippen LogP contribution < -0.4 is 5.32 Å². The van der Waals surface area contributed by atoms with Gasteiger partial charge in [-0.25, -0.2) is 15.0 Å². The van der Waals surface area contributed by atoms with Crippen molar-refractivity contribution in [2.45, 2.75) is 19.4 Å². The number of nitrogens with zero attached hydrogens (tertiary/aromatic N) is 4. The van der Waals surface area contributed by atoms with Crippen molar-refractivity contribution in [2.24, 2.45) is 7.05 Å². The second-order valence-electron chi connectivity index (χ2n) is 7.60. The summed E-state index contributed by atoms with van der Waals surface area (Å²) in [4.78, 5) is 27.1. The van der Waals surface area contributed by atoms with Crippen LogP contribution in [0.4, 0.5) is 0 Å². The number of aromatic nitrogens is 4. The van der Waals surface area contributed by atoms with E-state index in [1.165, 1.54) is 0 Å². The molecule has 0 radical (unpaired) electrons. The maximum absolute atomic E-state index is 12.5. The minimum absolute atomic E-state index is 0.00638. The highest BCUT2D eigenvalue weighted by molar-refractivity contribution is 7.21. The van der Waals surface area contributed by atoms with Crippen LogP contribution in [0.3, 0.4) is 0 Å². The van der Waals surface area contributed by atoms with Crippen LogP contribution in [0.5, 0.6) is 0 Å². The van der Waals surface area contributed by atoms with E-state index in [-0.39, 0.29) is 11.9 Å². The third-order valence-corrected chi connectivity index (χ3v) is 6.33. The molecule has 0 spiro atoms. The molecule has 0 aliphatic rings. The third kappa shape index (κ3) is 3.80. The normalized spacial score (nSPS) is 12.3. The first-order valence-corrected chi connectivity index (χ1v) is 10.9. The van der Waals surface area contributed by atoms with E-state index in [9.17, 15) is 4.79 Å². The maximum atomic E-state index is 12.5. The van der Waals surface area contributed by atoms with Gasteiger partial charge in [0.2, 0.25) is 5.91 Å². The zero-order valence-electron chi connectivity index (χ0n) is 17.2. The number of carbonyl (C=O) groups excluding carboxylic acids is 1. The van der Waals surface area contributed by atoms with Gasteiger partial charge in [0.05, 0.1) is 30.5 Å². The molecule has 2 aromatic carbocycles. The molecule has 6 nitrogen and oxygen atoms in total. The second-order valence-corrected chi connectivity index (χ2v) is 8.57. The van der Waals surface area contributed by atoms with E-state index in [1.807, 2.05) is 67.1 Å². The molecule has 0 aliphatic heterocycles. The van der Waals surface area contributed by atoms with Gasteiger partial charge in [-0.3, -0.25) is 4.79 Å². The molecule has 3 aromatic heterocycles. The minimum atomic E-state index is -0.104. The molecular formula is C24H21N5OS. The molecule has 31 heavy (non-hydrogen) atoms. The number of amides is 1. The number of rotatable bonds is 5. The number of fused-ring (bicyclic) bond motifs is 3. The number of carbonyl (C=O) groups is 1. The van der Waals surface area contributed by atoms with E-state index >= 15 is 0 Å². The van der Waals surface area contributed by atoms with Crippen molar-refractivity contribution in [3.8, 4) is 10.6 Å². The maximum Gasteiger partial charge on any atom is 0.224 e. The summed E-state index contributed by atoms with van der Waals surface area (Å²) < 4.78 is 1.98. The van der Waals surface area contributed by atoms with E-state index in [0.29, 0.717) is 6.42 Å². The number of aryl methyl sites for hydroxylation is 1. The van der Waals surface area contributed by atoms with Gasteiger partial charge in [-0.15, -0.1) is 0 Å². The Kier molecular flexibility index (Phi) is 4.95. The van der Waals surface area contributed by atoms with Gasteiger partial charge in [0, 0.05) is 12.6 Å². The standard InChI is InChI=1S/C24H21N5OS/c1-15(27-20(30)11-16-7-4-3-5-8-16)17-9-6-10-18(12-17)23-28-21-22-19(26-14-29(22)2)13-25-24(21)31-23/h3-10,12-15H,11H2,1-2H3,(H,27,30)/t15-/m0/s1. The smallest absolute Gasteiger partial charge is 0.224 e. The summed E-state index contributed by atoms with van der Waals surface area (Å²) in [5, 5.41) is 4.00. The number of pyridine rings is 1. The molecule has 0 saturated carbocycles. The van der Waals surface area contributed by atoms with Crippen molar-refractivity contribution in [2.75, 3.05) is 0 Å². The van der Waals surface area contributed by atoms with Gasteiger partial charge < -0.3 is 9.88 Å². The van der Waals surface area contributed by atoms with Gasteiger partial charge in [-0.05, 0) is 24.1 Å². The van der Waals surface area contributed by atoms with Crippen molar-refractivity contribution in [1.29, 1.82) is 0 Å². The van der Waals surface area contributed by atoms with Crippen LogP contribution in [-0.2, 0) is 18.3 Å². The predicted molar refractivity (Wildman–Crippen MR) is 124 cm³/mol. The highest BCUT2D eigenvalue weighted by Crippen LogP contribution is 2.33. The molecule has 0 saturated heterocycles. The lowest BCUT2D eigenvalue weighted by molar-refractivity contribution is -0.121. The molecule has 3 heterocycles. The van der Waals surface area contributed by atoms with Crippen LogP contribution in [0.1, 0.15) is 24.1 Å². The van der Waals surface area contributed by atoms with Crippen LogP contribution in [0.2, 0.25) is 0 Å². The lowest BCUT2D eigenvalue weighted by Gasteiger charge is -2.15. The number of benzene rings is 2. The summed E-state index contributed by atoms with van der Waals surface area (Å²) in [7, 11) is 1.97. The summed E-state index contributed by atoms with van der Waals surface area (Å²) in [6.45, 7) is 2.00. The highest BCUT2D eigenvalue weighted by atomic mass is 32.1. The minimum Gasteiger partial charge on any atom is -0.349 e. The number of nitrogens with one attached hydrogen (secondary N) is 1. The first-order valence-electron chi connectivity index (χ1n) is 10.1. The van der Waals surface area contributed by atoms with Crippen molar-refractivity contribution in [1.82, 2.24) is 24.8 Å². The Hall–Kier alpha value is -3.58. The van der Waals surface area contributed by atoms with E-state index in [2.05, 4.69) is 21.4 Å². The topological polar surface area (TPSA) is 72.7 Å². The molecular weight excluding hydrogens is 406 g/mol. The SMILES string of the molecule is C[C@H](NC(=O)Cc1ccccc1)c1cccc(-c2nc3c(ncc4ncn(C)c43)s2)c1. The Bertz CT molecular complexity index is 1390. The molecule has 1 amide bonds. The van der Waals surface area contributed by atoms with Gasteiger partial charge in [-0.2, -0.15) is 0 Å². The van der Waals surface area contributed by atoms with Gasteiger partial charge in [0.15, 0.2) is 0 Å². The molecule has 0 unspecified atom stereocenters. The summed E-state index contributed by atoms with van der Waals surface area (Å²) in [6, 6.07) is 17.8. The lowest BCUT2D eigenvalue weighted by atomic mass is 10.0. The van der Waals surface area contributed by atoms with Crippen LogP contribution in [0.15, 0.2) is 67.1 Å². The van der Waals surface area contributed by atoms with E-state index < -0.39 is 0 Å². The predicted octanol–water partition coefficient (Wildman–Crippen LogP) is 4.66. The first-order chi connectivity index (χ1) is 15.1. The molecule has 154 valence electrons. The molecule has 7 heteroatoms. The van der Waals surface area contributed by atoms with Gasteiger partial charge in [0.25, 0.3) is 0 Å². The average molecular weight is 428 g/mol. The number of hydrogen-bond acceptors (Lipinski definition) is 5. The molecule has 0 fully saturated rings. The summed E-state index contributed by atoms with van der Waals surface area (Å²) in [5.41, 5.74) is 5.76. The summed E-state index contributed by atoms with van der Waals surface area (Å²) in [5.74, 6) is 0.00638. The van der Waals surface area contributed by atoms with Crippen LogP contribution >= 0.6 is 11.3 Å². The number of thiazole rings is 1. The third-order valence-electron chi connectivity index (χ3n) is 5.32. The number of hydrogen-bond donors (Lipinski definition) is 1. The van der Waals surface area contributed by atoms with Gasteiger partial charge >= 0.3 is 0 Å². The van der Waals surface area contributed by atoms with Crippen molar-refractivity contribution in [3.05, 3.63) is 78.2 Å². The Morgan fingerprint density at radius 1 is 1.13 bits per heavy atom. The Morgan fingerprint density at radius 2 is 1.97 bits per heavy atom. The van der Waals surface area contributed by atoms with Gasteiger partial charge in [0.1, 0.15) is 20.9 Å². The van der Waals surface area contributed by atoms with E-state index in [1.54, 1.807) is 23.9 Å². The number of imidazole rings is 1. The first kappa shape index (κ1) is 19.4. The summed E-state index contributed by atoms with van der Waals surface area (Å²) >= 11 is 1.56. The Morgan fingerprint density at radius 3 is 2.81 bits per heavy atom. The van der Waals surface area contributed by atoms with Gasteiger partial charge in [-0.1, -0.05) is 59.9 Å². The largest absolute Gasteiger partial charge is 0.349 e. The molecule has 5 aromatic rings. The Balaban J connectivity index is 1.40. The van der Waals surface area contributed by atoms with Crippen LogP contribution in [-0.4, -0.2) is 25.4 Å². The fourth-order valence-corrected chi connectivity index (χ4v) is 4.64. The van der Waals surface area contributed by atoms with Crippen molar-refractivity contribution in [3.63, 3.8) is 0 Å². The summed E-state index contributed by atoms with van der Waals surface area (Å²) in [6.07, 6.45) is 3.95. The van der Waals surface area contributed by atoms with Crippen LogP contribution in [0, 0.1) is 0 Å². The quantitative estimate of drug-likeness (QED) is 0.443. The van der Waals surface area contributed by atoms with Crippen molar-refractivity contribution < 1.29 is 4.79 Å². The average Bonchev–Trinajstić information content (AvgIpc) is 3.38. The fourth-order valence-electron chi connectivity index (χ4n) is 3.73. The zero-order valence-corrected chi connectivity index (χ0v) is 18.1. The van der Waals surface area contributed by atoms with Crippen LogP contribution in [0.25, 0.3) is 32.0 Å². The zero-order chi connectivity index (χ0) is 21.4. The molecule has 0 bridgehead atoms. The lowest BCUT2D eigenvalue weighted by Crippen LogP contribution is -2.28. The van der Waals surface area contributed by atoms with Crippen molar-refractivity contribution >= 4 is 38.6 Å². The fraction of sp³-hybridized carbons (Fsp3) is 0.167. The second kappa shape index (κ2) is 7.92. The Labute approximate surface area is 183 Å².